The normalized spacial score (nSPS) is 20.3. The van der Waals surface area contributed by atoms with E-state index in [0.29, 0.717) is 5.92 Å². The predicted molar refractivity (Wildman–Crippen MR) is 64.3 cm³/mol. The minimum absolute atomic E-state index is 0.152. The number of nitrogens with zero attached hydrogens (tertiary/aromatic N) is 2. The van der Waals surface area contributed by atoms with E-state index >= 15 is 0 Å². The third-order valence-electron chi connectivity index (χ3n) is 3.25. The summed E-state index contributed by atoms with van der Waals surface area (Å²) in [5.41, 5.74) is 1.22. The summed E-state index contributed by atoms with van der Waals surface area (Å²) >= 11 is 0. The maximum Gasteiger partial charge on any atom is 0.248 e. The highest BCUT2D eigenvalue weighted by atomic mass is 16.3. The highest BCUT2D eigenvalue weighted by Gasteiger charge is 2.23. The molecule has 92 valence electrons. The molecule has 0 aliphatic carbocycles. The maximum absolute atomic E-state index is 11.4. The van der Waals surface area contributed by atoms with Gasteiger partial charge in [-0.2, -0.15) is 0 Å². The monoisotopic (exact) mass is 234 g/mol. The van der Waals surface area contributed by atoms with Crippen LogP contribution < -0.4 is 0 Å². The Balaban J connectivity index is 1.92. The first-order valence-electron chi connectivity index (χ1n) is 6.07. The fourth-order valence-corrected chi connectivity index (χ4v) is 2.41. The van der Waals surface area contributed by atoms with E-state index in [9.17, 15) is 4.79 Å². The summed E-state index contributed by atoms with van der Waals surface area (Å²) in [6.07, 6.45) is 6.78. The van der Waals surface area contributed by atoms with Crippen molar-refractivity contribution in [2.75, 3.05) is 19.7 Å². The van der Waals surface area contributed by atoms with Crippen molar-refractivity contribution in [2.45, 2.75) is 19.3 Å². The molecule has 1 amide bonds. The Hall–Kier alpha value is -1.42. The van der Waals surface area contributed by atoms with Gasteiger partial charge in [0.25, 0.3) is 0 Å². The van der Waals surface area contributed by atoms with Gasteiger partial charge >= 0.3 is 0 Å². The van der Waals surface area contributed by atoms with Crippen molar-refractivity contribution < 1.29 is 9.90 Å². The summed E-state index contributed by atoms with van der Waals surface area (Å²) in [5, 5.41) is 8.86. The molecule has 1 aliphatic rings. The molecule has 17 heavy (non-hydrogen) atoms. The second-order valence-corrected chi connectivity index (χ2v) is 4.57. The molecule has 4 nitrogen and oxygen atoms in total. The number of aliphatic hydroxyl groups is 1. The number of hydrogen-bond donors (Lipinski definition) is 1. The molecule has 0 aromatic carbocycles. The minimum atomic E-state index is -0.375. The Bertz CT molecular complexity index is 367. The van der Waals surface area contributed by atoms with E-state index < -0.39 is 0 Å². The Morgan fingerprint density at radius 3 is 3.18 bits per heavy atom. The lowest BCUT2D eigenvalue weighted by Gasteiger charge is -2.32. The highest BCUT2D eigenvalue weighted by Crippen LogP contribution is 2.20. The van der Waals surface area contributed by atoms with Crippen molar-refractivity contribution in [3.63, 3.8) is 0 Å². The Morgan fingerprint density at radius 2 is 2.47 bits per heavy atom. The molecule has 0 bridgehead atoms. The lowest BCUT2D eigenvalue weighted by atomic mass is 9.92. The van der Waals surface area contributed by atoms with Crippen LogP contribution in [0.5, 0.6) is 0 Å². The molecule has 0 saturated carbocycles. The first kappa shape index (κ1) is 12.0. The van der Waals surface area contributed by atoms with Gasteiger partial charge < -0.3 is 10.0 Å². The van der Waals surface area contributed by atoms with E-state index in [1.165, 1.54) is 5.56 Å². The molecular formula is C13H18N2O2. The van der Waals surface area contributed by atoms with Crippen molar-refractivity contribution in [2.24, 2.45) is 5.92 Å². The van der Waals surface area contributed by atoms with Gasteiger partial charge in [-0.3, -0.25) is 9.78 Å². The molecule has 1 atom stereocenters. The molecule has 1 saturated heterocycles. The van der Waals surface area contributed by atoms with Crippen LogP contribution in [0.2, 0.25) is 0 Å². The largest absolute Gasteiger partial charge is 0.387 e. The van der Waals surface area contributed by atoms with Crippen LogP contribution >= 0.6 is 0 Å². The van der Waals surface area contributed by atoms with Crippen molar-refractivity contribution in [3.05, 3.63) is 30.1 Å². The number of pyridine rings is 1. The minimum Gasteiger partial charge on any atom is -0.387 e. The zero-order valence-corrected chi connectivity index (χ0v) is 9.88. The SMILES string of the molecule is O=C(CO)N1CCC[C@H](Cc2cccnc2)C1. The van der Waals surface area contributed by atoms with E-state index in [-0.39, 0.29) is 12.5 Å². The number of aromatic nitrogens is 1. The number of carbonyl (C=O) groups excluding carboxylic acids is 1. The van der Waals surface area contributed by atoms with E-state index in [0.717, 1.165) is 32.4 Å². The summed E-state index contributed by atoms with van der Waals surface area (Å²) in [6.45, 7) is 1.16. The lowest BCUT2D eigenvalue weighted by molar-refractivity contribution is -0.135. The van der Waals surface area contributed by atoms with Crippen LogP contribution in [-0.4, -0.2) is 40.6 Å². The van der Waals surface area contributed by atoms with Crippen LogP contribution in [0.25, 0.3) is 0 Å². The molecule has 2 rings (SSSR count). The number of aliphatic hydroxyl groups excluding tert-OH is 1. The third kappa shape index (κ3) is 3.27. The van der Waals surface area contributed by atoms with Crippen molar-refractivity contribution in [1.29, 1.82) is 0 Å². The molecule has 0 radical (unpaired) electrons. The summed E-state index contributed by atoms with van der Waals surface area (Å²) in [7, 11) is 0. The molecule has 1 aromatic heterocycles. The van der Waals surface area contributed by atoms with Crippen molar-refractivity contribution >= 4 is 5.91 Å². The first-order chi connectivity index (χ1) is 8.29. The maximum atomic E-state index is 11.4. The fraction of sp³-hybridized carbons (Fsp3) is 0.538. The number of piperidine rings is 1. The highest BCUT2D eigenvalue weighted by molar-refractivity contribution is 5.77. The molecule has 1 N–H and O–H groups in total. The smallest absolute Gasteiger partial charge is 0.248 e. The van der Waals surface area contributed by atoms with Crippen LogP contribution in [0.4, 0.5) is 0 Å². The molecule has 2 heterocycles. The molecule has 1 aliphatic heterocycles. The molecule has 0 unspecified atom stereocenters. The zero-order chi connectivity index (χ0) is 12.1. The van der Waals surface area contributed by atoms with Crippen LogP contribution in [0.3, 0.4) is 0 Å². The Kier molecular flexibility index (Phi) is 4.09. The molecule has 4 heteroatoms. The number of hydrogen-bond acceptors (Lipinski definition) is 3. The Labute approximate surface area is 101 Å². The summed E-state index contributed by atoms with van der Waals surface area (Å²) in [5.74, 6) is 0.337. The van der Waals surface area contributed by atoms with Gasteiger partial charge in [-0.05, 0) is 36.8 Å². The standard InChI is InChI=1S/C13H18N2O2/c16-10-13(17)15-6-2-4-12(9-15)7-11-3-1-5-14-8-11/h1,3,5,8,12,16H,2,4,6-7,9-10H2/t12-/m1/s1. The van der Waals surface area contributed by atoms with Gasteiger partial charge in [-0.15, -0.1) is 0 Å². The predicted octanol–water partition coefficient (Wildman–Crippen LogP) is 0.855. The van der Waals surface area contributed by atoms with Crippen LogP contribution in [-0.2, 0) is 11.2 Å². The number of carbonyl (C=O) groups is 1. The molecule has 1 aromatic rings. The summed E-state index contributed by atoms with van der Waals surface area (Å²) < 4.78 is 0. The summed E-state index contributed by atoms with van der Waals surface area (Å²) in [4.78, 5) is 17.3. The van der Waals surface area contributed by atoms with Gasteiger partial charge in [0.1, 0.15) is 6.61 Å². The van der Waals surface area contributed by atoms with Gasteiger partial charge in [0.15, 0.2) is 0 Å². The van der Waals surface area contributed by atoms with E-state index in [1.54, 1.807) is 11.1 Å². The van der Waals surface area contributed by atoms with Crippen LogP contribution in [0.1, 0.15) is 18.4 Å². The summed E-state index contributed by atoms with van der Waals surface area (Å²) in [6, 6.07) is 4.01. The Morgan fingerprint density at radius 1 is 1.59 bits per heavy atom. The van der Waals surface area contributed by atoms with Crippen LogP contribution in [0, 0.1) is 5.92 Å². The van der Waals surface area contributed by atoms with Crippen LogP contribution in [0.15, 0.2) is 24.5 Å². The van der Waals surface area contributed by atoms with Crippen molar-refractivity contribution in [3.8, 4) is 0 Å². The fourth-order valence-electron chi connectivity index (χ4n) is 2.41. The van der Waals surface area contributed by atoms with Gasteiger partial charge in [0.05, 0.1) is 0 Å². The van der Waals surface area contributed by atoms with Gasteiger partial charge in [-0.25, -0.2) is 0 Å². The first-order valence-corrected chi connectivity index (χ1v) is 6.07. The second kappa shape index (κ2) is 5.77. The van der Waals surface area contributed by atoms with E-state index in [4.69, 9.17) is 5.11 Å². The van der Waals surface area contributed by atoms with Crippen molar-refractivity contribution in [1.82, 2.24) is 9.88 Å². The second-order valence-electron chi connectivity index (χ2n) is 4.57. The molecule has 1 fully saturated rings. The molecular weight excluding hydrogens is 216 g/mol. The average Bonchev–Trinajstić information content (AvgIpc) is 2.39. The quantitative estimate of drug-likeness (QED) is 0.843. The topological polar surface area (TPSA) is 53.4 Å². The number of likely N-dealkylation sites (tertiary alicyclic amines) is 1. The molecule has 0 spiro atoms. The third-order valence-corrected chi connectivity index (χ3v) is 3.25. The lowest BCUT2D eigenvalue weighted by Crippen LogP contribution is -2.41. The van der Waals surface area contributed by atoms with Gasteiger partial charge in [-0.1, -0.05) is 6.07 Å². The van der Waals surface area contributed by atoms with E-state index in [2.05, 4.69) is 11.1 Å². The zero-order valence-electron chi connectivity index (χ0n) is 9.88. The van der Waals surface area contributed by atoms with Gasteiger partial charge in [0.2, 0.25) is 5.91 Å². The average molecular weight is 234 g/mol. The van der Waals surface area contributed by atoms with Gasteiger partial charge in [0, 0.05) is 25.5 Å². The van der Waals surface area contributed by atoms with E-state index in [1.807, 2.05) is 12.3 Å². The number of amides is 1. The number of rotatable bonds is 3.